The number of hydrogen-bond acceptors (Lipinski definition) is 3. The second-order valence-corrected chi connectivity index (χ2v) is 6.13. The number of benzene rings is 1. The second-order valence-electron chi connectivity index (χ2n) is 6.13. The standard InChI is InChI=1S/C17H15F5N4O/c1-8(10-3-5-11(6-4-10)17(20,21)22)26-15-14(12(25-26)7-13(18)19)16(27)24-9(2)23-15/h3-6,8,13H,7H2,1-2H3,(H,23,24,27)/t8-/m0/s1. The molecule has 0 aliphatic rings. The smallest absolute Gasteiger partial charge is 0.310 e. The highest BCUT2D eigenvalue weighted by atomic mass is 19.4. The molecule has 1 N–H and O–H groups in total. The fourth-order valence-electron chi connectivity index (χ4n) is 2.88. The highest BCUT2D eigenvalue weighted by molar-refractivity contribution is 5.77. The summed E-state index contributed by atoms with van der Waals surface area (Å²) in [4.78, 5) is 18.9. The van der Waals surface area contributed by atoms with E-state index in [1.807, 2.05) is 0 Å². The van der Waals surface area contributed by atoms with E-state index in [4.69, 9.17) is 0 Å². The number of aromatic amines is 1. The average molecular weight is 386 g/mol. The molecule has 0 radical (unpaired) electrons. The normalized spacial score (nSPS) is 13.5. The Morgan fingerprint density at radius 2 is 1.81 bits per heavy atom. The number of H-pyrrole nitrogens is 1. The molecule has 0 fully saturated rings. The van der Waals surface area contributed by atoms with E-state index < -0.39 is 36.2 Å². The molecule has 5 nitrogen and oxygen atoms in total. The Balaban J connectivity index is 2.11. The zero-order chi connectivity index (χ0) is 19.9. The van der Waals surface area contributed by atoms with Gasteiger partial charge in [0.05, 0.1) is 23.7 Å². The van der Waals surface area contributed by atoms with Crippen LogP contribution in [0.5, 0.6) is 0 Å². The number of nitrogens with zero attached hydrogens (tertiary/aromatic N) is 3. The van der Waals surface area contributed by atoms with Crippen molar-refractivity contribution in [1.29, 1.82) is 0 Å². The van der Waals surface area contributed by atoms with Gasteiger partial charge >= 0.3 is 6.18 Å². The van der Waals surface area contributed by atoms with Crippen molar-refractivity contribution in [3.05, 3.63) is 57.3 Å². The minimum atomic E-state index is -4.46. The maximum absolute atomic E-state index is 12.9. The van der Waals surface area contributed by atoms with Gasteiger partial charge in [-0.1, -0.05) is 12.1 Å². The Hall–Kier alpha value is -2.78. The van der Waals surface area contributed by atoms with Crippen LogP contribution in [-0.4, -0.2) is 26.2 Å². The Morgan fingerprint density at radius 1 is 1.19 bits per heavy atom. The minimum absolute atomic E-state index is 0.0420. The van der Waals surface area contributed by atoms with E-state index in [0.717, 1.165) is 12.1 Å². The van der Waals surface area contributed by atoms with E-state index in [1.165, 1.54) is 23.7 Å². The molecule has 0 aliphatic heterocycles. The maximum atomic E-state index is 12.9. The molecule has 2 aromatic heterocycles. The molecule has 0 aliphatic carbocycles. The summed E-state index contributed by atoms with van der Waals surface area (Å²) in [6.07, 6.45) is -7.90. The van der Waals surface area contributed by atoms with Crippen LogP contribution in [0, 0.1) is 6.92 Å². The predicted molar refractivity (Wildman–Crippen MR) is 87.9 cm³/mol. The number of rotatable bonds is 4. The average Bonchev–Trinajstić information content (AvgIpc) is 2.91. The van der Waals surface area contributed by atoms with Crippen LogP contribution in [0.3, 0.4) is 0 Å². The van der Waals surface area contributed by atoms with Crippen LogP contribution in [0.4, 0.5) is 22.0 Å². The fourth-order valence-corrected chi connectivity index (χ4v) is 2.88. The van der Waals surface area contributed by atoms with Crippen LogP contribution in [0.1, 0.15) is 35.6 Å². The van der Waals surface area contributed by atoms with Crippen molar-refractivity contribution in [1.82, 2.24) is 19.7 Å². The molecule has 10 heteroatoms. The highest BCUT2D eigenvalue weighted by Gasteiger charge is 2.30. The van der Waals surface area contributed by atoms with Gasteiger partial charge in [-0.2, -0.15) is 18.3 Å². The summed E-state index contributed by atoms with van der Waals surface area (Å²) >= 11 is 0. The van der Waals surface area contributed by atoms with Crippen LogP contribution in [0.25, 0.3) is 11.0 Å². The van der Waals surface area contributed by atoms with Crippen LogP contribution >= 0.6 is 0 Å². The van der Waals surface area contributed by atoms with Gasteiger partial charge in [-0.25, -0.2) is 18.4 Å². The number of hydrogen-bond donors (Lipinski definition) is 1. The zero-order valence-electron chi connectivity index (χ0n) is 14.3. The van der Waals surface area contributed by atoms with Gasteiger partial charge in [-0.05, 0) is 31.5 Å². The Labute approximate surface area is 149 Å². The van der Waals surface area contributed by atoms with Gasteiger partial charge in [0.1, 0.15) is 11.2 Å². The van der Waals surface area contributed by atoms with E-state index in [1.54, 1.807) is 6.92 Å². The Morgan fingerprint density at radius 3 is 2.37 bits per heavy atom. The zero-order valence-corrected chi connectivity index (χ0v) is 14.3. The van der Waals surface area contributed by atoms with Gasteiger partial charge in [0.15, 0.2) is 5.65 Å². The number of halogens is 5. The number of alkyl halides is 5. The summed E-state index contributed by atoms with van der Waals surface area (Å²) in [5.41, 5.74) is -0.908. The predicted octanol–water partition coefficient (Wildman–Crippen LogP) is 3.86. The van der Waals surface area contributed by atoms with Gasteiger partial charge in [0.25, 0.3) is 5.56 Å². The molecule has 144 valence electrons. The molecule has 0 spiro atoms. The summed E-state index contributed by atoms with van der Waals surface area (Å²) in [6.45, 7) is 3.17. The highest BCUT2D eigenvalue weighted by Crippen LogP contribution is 2.31. The van der Waals surface area contributed by atoms with Crippen molar-refractivity contribution >= 4 is 11.0 Å². The number of fused-ring (bicyclic) bond motifs is 1. The molecule has 0 amide bonds. The van der Waals surface area contributed by atoms with Crippen molar-refractivity contribution in [3.8, 4) is 0 Å². The third-order valence-electron chi connectivity index (χ3n) is 4.19. The monoisotopic (exact) mass is 386 g/mol. The van der Waals surface area contributed by atoms with Gasteiger partial charge in [-0.3, -0.25) is 4.79 Å². The topological polar surface area (TPSA) is 63.6 Å². The molecular formula is C17H15F5N4O. The first-order valence-electron chi connectivity index (χ1n) is 8.01. The molecule has 1 atom stereocenters. The molecule has 0 bridgehead atoms. The number of nitrogens with one attached hydrogen (secondary N) is 1. The summed E-state index contributed by atoms with van der Waals surface area (Å²) in [5.74, 6) is 0.275. The first-order chi connectivity index (χ1) is 12.6. The second kappa shape index (κ2) is 6.75. The Bertz CT molecular complexity index is 1020. The van der Waals surface area contributed by atoms with Crippen molar-refractivity contribution in [2.75, 3.05) is 0 Å². The van der Waals surface area contributed by atoms with E-state index >= 15 is 0 Å². The van der Waals surface area contributed by atoms with E-state index in [9.17, 15) is 26.7 Å². The van der Waals surface area contributed by atoms with E-state index in [-0.39, 0.29) is 22.6 Å². The quantitative estimate of drug-likeness (QED) is 0.693. The molecular weight excluding hydrogens is 371 g/mol. The summed E-state index contributed by atoms with van der Waals surface area (Å²) in [7, 11) is 0. The molecule has 27 heavy (non-hydrogen) atoms. The number of aryl methyl sites for hydroxylation is 1. The summed E-state index contributed by atoms with van der Waals surface area (Å²) < 4.78 is 65.2. The third-order valence-corrected chi connectivity index (χ3v) is 4.19. The van der Waals surface area contributed by atoms with Gasteiger partial charge in [0, 0.05) is 0 Å². The van der Waals surface area contributed by atoms with Crippen LogP contribution in [0.2, 0.25) is 0 Å². The SMILES string of the molecule is Cc1nc2c(c(CC(F)F)nn2[C@@H](C)c2ccc(C(F)(F)F)cc2)c(=O)[nH]1. The van der Waals surface area contributed by atoms with Crippen molar-refractivity contribution in [2.24, 2.45) is 0 Å². The van der Waals surface area contributed by atoms with Crippen LogP contribution in [-0.2, 0) is 12.6 Å². The first-order valence-corrected chi connectivity index (χ1v) is 8.01. The molecule has 3 aromatic rings. The molecule has 2 heterocycles. The molecule has 0 saturated heterocycles. The number of aromatic nitrogens is 4. The lowest BCUT2D eigenvalue weighted by Gasteiger charge is -2.15. The molecule has 1 aromatic carbocycles. The van der Waals surface area contributed by atoms with E-state index in [2.05, 4.69) is 15.1 Å². The first kappa shape index (κ1) is 19.0. The molecule has 0 saturated carbocycles. The fraction of sp³-hybridized carbons (Fsp3) is 0.353. The van der Waals surface area contributed by atoms with Crippen LogP contribution < -0.4 is 5.56 Å². The lowest BCUT2D eigenvalue weighted by molar-refractivity contribution is -0.137. The van der Waals surface area contributed by atoms with Crippen LogP contribution in [0.15, 0.2) is 29.1 Å². The van der Waals surface area contributed by atoms with Crippen molar-refractivity contribution in [2.45, 2.75) is 38.9 Å². The molecule has 0 unspecified atom stereocenters. The van der Waals surface area contributed by atoms with Gasteiger partial charge in [-0.15, -0.1) is 0 Å². The van der Waals surface area contributed by atoms with Crippen molar-refractivity contribution in [3.63, 3.8) is 0 Å². The maximum Gasteiger partial charge on any atom is 0.416 e. The summed E-state index contributed by atoms with van der Waals surface area (Å²) in [5, 5.41) is 4.07. The van der Waals surface area contributed by atoms with Gasteiger partial charge < -0.3 is 4.98 Å². The van der Waals surface area contributed by atoms with Crippen molar-refractivity contribution < 1.29 is 22.0 Å². The van der Waals surface area contributed by atoms with E-state index in [0.29, 0.717) is 5.56 Å². The third kappa shape index (κ3) is 3.69. The lowest BCUT2D eigenvalue weighted by atomic mass is 10.1. The largest absolute Gasteiger partial charge is 0.416 e. The molecule has 3 rings (SSSR count). The van der Waals surface area contributed by atoms with Gasteiger partial charge in [0.2, 0.25) is 6.43 Å². The Kier molecular flexibility index (Phi) is 4.75. The lowest BCUT2D eigenvalue weighted by Crippen LogP contribution is -2.13. The summed E-state index contributed by atoms with van der Waals surface area (Å²) in [6, 6.07) is 3.82. The minimum Gasteiger partial charge on any atom is -0.310 e.